The Balaban J connectivity index is 2.00. The van der Waals surface area contributed by atoms with Crippen LogP contribution in [0.2, 0.25) is 0 Å². The van der Waals surface area contributed by atoms with Gasteiger partial charge >= 0.3 is 0 Å². The zero-order valence-corrected chi connectivity index (χ0v) is 11.5. The summed E-state index contributed by atoms with van der Waals surface area (Å²) in [6.45, 7) is 4.13. The summed E-state index contributed by atoms with van der Waals surface area (Å²) in [5, 5.41) is 0. The molecule has 2 rings (SSSR count). The molecule has 0 unspecified atom stereocenters. The summed E-state index contributed by atoms with van der Waals surface area (Å²) in [5.41, 5.74) is 9.62. The zero-order chi connectivity index (χ0) is 13.2. The van der Waals surface area contributed by atoms with E-state index in [9.17, 15) is 4.79 Å². The van der Waals surface area contributed by atoms with Gasteiger partial charge in [0, 0.05) is 18.4 Å². The van der Waals surface area contributed by atoms with Crippen LogP contribution in [0.15, 0.2) is 18.2 Å². The first kappa shape index (κ1) is 13.3. The van der Waals surface area contributed by atoms with E-state index in [1.807, 2.05) is 0 Å². The SMILES string of the molecule is Cc1ccc(C)c(CC(=O)CC2(N)CCCC2)c1. The van der Waals surface area contributed by atoms with Gasteiger partial charge in [0.2, 0.25) is 0 Å². The van der Waals surface area contributed by atoms with Gasteiger partial charge in [-0.3, -0.25) is 4.79 Å². The van der Waals surface area contributed by atoms with Gasteiger partial charge in [0.15, 0.2) is 0 Å². The number of rotatable bonds is 4. The van der Waals surface area contributed by atoms with Crippen molar-refractivity contribution in [1.29, 1.82) is 0 Å². The molecule has 0 bridgehead atoms. The standard InChI is InChI=1S/C16H23NO/c1-12-5-6-13(2)14(9-12)10-15(18)11-16(17)7-3-4-8-16/h5-6,9H,3-4,7-8,10-11,17H2,1-2H3. The summed E-state index contributed by atoms with van der Waals surface area (Å²) in [6, 6.07) is 6.29. The maximum absolute atomic E-state index is 12.2. The summed E-state index contributed by atoms with van der Waals surface area (Å²) in [7, 11) is 0. The van der Waals surface area contributed by atoms with Crippen LogP contribution in [0.5, 0.6) is 0 Å². The van der Waals surface area contributed by atoms with Gasteiger partial charge in [-0.1, -0.05) is 36.6 Å². The van der Waals surface area contributed by atoms with Crippen LogP contribution in [0.3, 0.4) is 0 Å². The van der Waals surface area contributed by atoms with E-state index in [1.165, 1.54) is 24.0 Å². The molecule has 0 aliphatic heterocycles. The summed E-state index contributed by atoms with van der Waals surface area (Å²) >= 11 is 0. The van der Waals surface area contributed by atoms with Gasteiger partial charge in [-0.25, -0.2) is 0 Å². The number of Topliss-reactive ketones (excluding diaryl/α,β-unsaturated/α-hetero) is 1. The Morgan fingerprint density at radius 1 is 1.28 bits per heavy atom. The highest BCUT2D eigenvalue weighted by Crippen LogP contribution is 2.30. The van der Waals surface area contributed by atoms with E-state index in [0.717, 1.165) is 18.4 Å². The van der Waals surface area contributed by atoms with Crippen LogP contribution in [-0.2, 0) is 11.2 Å². The van der Waals surface area contributed by atoms with Crippen LogP contribution < -0.4 is 5.73 Å². The Hall–Kier alpha value is -1.15. The highest BCUT2D eigenvalue weighted by atomic mass is 16.1. The molecule has 0 spiro atoms. The molecule has 0 heterocycles. The fourth-order valence-electron chi connectivity index (χ4n) is 2.91. The number of aryl methyl sites for hydroxylation is 2. The van der Waals surface area contributed by atoms with Crippen LogP contribution in [-0.4, -0.2) is 11.3 Å². The van der Waals surface area contributed by atoms with Crippen molar-refractivity contribution >= 4 is 5.78 Å². The molecule has 0 aromatic heterocycles. The molecule has 1 aromatic rings. The number of carbonyl (C=O) groups excluding carboxylic acids is 1. The average molecular weight is 245 g/mol. The number of nitrogens with two attached hydrogens (primary N) is 1. The number of hydrogen-bond donors (Lipinski definition) is 1. The normalized spacial score (nSPS) is 17.9. The molecule has 0 atom stereocenters. The zero-order valence-electron chi connectivity index (χ0n) is 11.5. The van der Waals surface area contributed by atoms with Crippen LogP contribution in [0.4, 0.5) is 0 Å². The smallest absolute Gasteiger partial charge is 0.139 e. The van der Waals surface area contributed by atoms with Crippen molar-refractivity contribution < 1.29 is 4.79 Å². The summed E-state index contributed by atoms with van der Waals surface area (Å²) < 4.78 is 0. The Bertz CT molecular complexity index is 444. The van der Waals surface area contributed by atoms with Crippen molar-refractivity contribution in [2.45, 2.75) is 57.9 Å². The second-order valence-corrected chi connectivity index (χ2v) is 5.89. The lowest BCUT2D eigenvalue weighted by Gasteiger charge is -2.22. The quantitative estimate of drug-likeness (QED) is 0.886. The Labute approximate surface area is 110 Å². The molecule has 2 heteroatoms. The average Bonchev–Trinajstić information content (AvgIpc) is 2.70. The lowest BCUT2D eigenvalue weighted by molar-refractivity contribution is -0.119. The first-order valence-corrected chi connectivity index (χ1v) is 6.85. The van der Waals surface area contributed by atoms with Crippen molar-refractivity contribution in [3.63, 3.8) is 0 Å². The Morgan fingerprint density at radius 3 is 2.61 bits per heavy atom. The second-order valence-electron chi connectivity index (χ2n) is 5.89. The molecule has 1 saturated carbocycles. The van der Waals surface area contributed by atoms with Gasteiger partial charge in [-0.2, -0.15) is 0 Å². The molecule has 1 fully saturated rings. The first-order chi connectivity index (χ1) is 8.48. The van der Waals surface area contributed by atoms with Gasteiger partial charge in [-0.05, 0) is 37.8 Å². The first-order valence-electron chi connectivity index (χ1n) is 6.85. The number of carbonyl (C=O) groups is 1. The van der Waals surface area contributed by atoms with Gasteiger partial charge in [-0.15, -0.1) is 0 Å². The van der Waals surface area contributed by atoms with Crippen LogP contribution >= 0.6 is 0 Å². The fourth-order valence-corrected chi connectivity index (χ4v) is 2.91. The molecule has 0 saturated heterocycles. The summed E-state index contributed by atoms with van der Waals surface area (Å²) in [6.07, 6.45) is 5.43. The van der Waals surface area contributed by atoms with Crippen molar-refractivity contribution in [3.05, 3.63) is 34.9 Å². The molecule has 1 aliphatic rings. The van der Waals surface area contributed by atoms with E-state index in [0.29, 0.717) is 12.8 Å². The Morgan fingerprint density at radius 2 is 1.94 bits per heavy atom. The third-order valence-corrected chi connectivity index (χ3v) is 4.04. The number of ketones is 1. The van der Waals surface area contributed by atoms with Crippen molar-refractivity contribution in [1.82, 2.24) is 0 Å². The molecular weight excluding hydrogens is 222 g/mol. The van der Waals surface area contributed by atoms with E-state index in [4.69, 9.17) is 5.73 Å². The van der Waals surface area contributed by atoms with Gasteiger partial charge in [0.25, 0.3) is 0 Å². The van der Waals surface area contributed by atoms with Crippen molar-refractivity contribution in [2.75, 3.05) is 0 Å². The highest BCUT2D eigenvalue weighted by molar-refractivity contribution is 5.82. The molecule has 98 valence electrons. The monoisotopic (exact) mass is 245 g/mol. The van der Waals surface area contributed by atoms with Gasteiger partial charge < -0.3 is 5.73 Å². The maximum atomic E-state index is 12.2. The topological polar surface area (TPSA) is 43.1 Å². The lowest BCUT2D eigenvalue weighted by Crippen LogP contribution is -2.39. The molecule has 2 nitrogen and oxygen atoms in total. The number of benzene rings is 1. The van der Waals surface area contributed by atoms with Crippen molar-refractivity contribution in [2.24, 2.45) is 5.73 Å². The number of hydrogen-bond acceptors (Lipinski definition) is 2. The molecule has 0 amide bonds. The van der Waals surface area contributed by atoms with Crippen LogP contribution in [0, 0.1) is 13.8 Å². The predicted molar refractivity (Wildman–Crippen MR) is 74.6 cm³/mol. The van der Waals surface area contributed by atoms with Gasteiger partial charge in [0.1, 0.15) is 5.78 Å². The second kappa shape index (κ2) is 5.23. The third kappa shape index (κ3) is 3.20. The van der Waals surface area contributed by atoms with E-state index >= 15 is 0 Å². The molecule has 1 aromatic carbocycles. The minimum Gasteiger partial charge on any atom is -0.325 e. The lowest BCUT2D eigenvalue weighted by atomic mass is 9.89. The fraction of sp³-hybridized carbons (Fsp3) is 0.562. The van der Waals surface area contributed by atoms with Gasteiger partial charge in [0.05, 0.1) is 0 Å². The predicted octanol–water partition coefficient (Wildman–Crippen LogP) is 3.08. The molecule has 2 N–H and O–H groups in total. The molecule has 18 heavy (non-hydrogen) atoms. The Kier molecular flexibility index (Phi) is 3.86. The van der Waals surface area contributed by atoms with Crippen molar-refractivity contribution in [3.8, 4) is 0 Å². The minimum atomic E-state index is -0.213. The van der Waals surface area contributed by atoms with Crippen LogP contribution in [0.1, 0.15) is 48.8 Å². The highest BCUT2D eigenvalue weighted by Gasteiger charge is 2.31. The molecule has 0 radical (unpaired) electrons. The molecule has 1 aliphatic carbocycles. The maximum Gasteiger partial charge on any atom is 0.139 e. The minimum absolute atomic E-state index is 0.213. The van der Waals surface area contributed by atoms with E-state index in [-0.39, 0.29) is 11.3 Å². The summed E-state index contributed by atoms with van der Waals surface area (Å²) in [4.78, 5) is 12.2. The van der Waals surface area contributed by atoms with E-state index < -0.39 is 0 Å². The van der Waals surface area contributed by atoms with Crippen LogP contribution in [0.25, 0.3) is 0 Å². The summed E-state index contributed by atoms with van der Waals surface area (Å²) in [5.74, 6) is 0.285. The molecular formula is C16H23NO. The third-order valence-electron chi connectivity index (χ3n) is 4.04. The van der Waals surface area contributed by atoms with E-state index in [2.05, 4.69) is 32.0 Å². The largest absolute Gasteiger partial charge is 0.325 e. The van der Waals surface area contributed by atoms with E-state index in [1.54, 1.807) is 0 Å².